The van der Waals surface area contributed by atoms with Crippen LogP contribution >= 0.6 is 34.2 Å². The molecule has 5 amide bonds. The molecule has 0 aliphatic carbocycles. The minimum atomic E-state index is -0.876. The van der Waals surface area contributed by atoms with Crippen molar-refractivity contribution in [2.24, 2.45) is 0 Å². The van der Waals surface area contributed by atoms with E-state index in [9.17, 15) is 19.2 Å². The maximum atomic E-state index is 13.1. The van der Waals surface area contributed by atoms with Crippen molar-refractivity contribution in [2.45, 2.75) is 0 Å². The van der Waals surface area contributed by atoms with Crippen molar-refractivity contribution in [3.05, 3.63) is 86.5 Å². The first-order valence-electron chi connectivity index (χ1n) is 10.8. The van der Waals surface area contributed by atoms with E-state index in [0.717, 1.165) is 4.90 Å². The number of nitrogens with one attached hydrogen (secondary N) is 2. The molecule has 9 nitrogen and oxygen atoms in total. The molecule has 0 atom stereocenters. The van der Waals surface area contributed by atoms with Crippen LogP contribution in [0.1, 0.15) is 5.56 Å². The van der Waals surface area contributed by atoms with Gasteiger partial charge < -0.3 is 14.8 Å². The third-order valence-electron chi connectivity index (χ3n) is 5.14. The van der Waals surface area contributed by atoms with E-state index < -0.39 is 17.8 Å². The van der Waals surface area contributed by atoms with Crippen molar-refractivity contribution < 1.29 is 28.7 Å². The number of hydrogen-bond acceptors (Lipinski definition) is 6. The fourth-order valence-corrected chi connectivity index (χ4v) is 4.46. The lowest BCUT2D eigenvalue weighted by Crippen LogP contribution is -2.54. The SMILES string of the molecule is COc1cc(/C=C2\C(=O)NC(=O)N(c3cccc(Cl)c3)C2=O)cc(I)c1OCC(=O)Nc1ccccc1. The molecule has 0 aromatic heterocycles. The van der Waals surface area contributed by atoms with Gasteiger partial charge in [0.05, 0.1) is 16.4 Å². The van der Waals surface area contributed by atoms with Gasteiger partial charge in [-0.15, -0.1) is 0 Å². The van der Waals surface area contributed by atoms with E-state index in [1.807, 2.05) is 28.7 Å². The van der Waals surface area contributed by atoms with Gasteiger partial charge in [0, 0.05) is 10.7 Å². The molecule has 188 valence electrons. The molecule has 4 rings (SSSR count). The Morgan fingerprint density at radius 1 is 1.08 bits per heavy atom. The Hall–Kier alpha value is -3.90. The summed E-state index contributed by atoms with van der Waals surface area (Å²) in [5, 5.41) is 5.23. The Labute approximate surface area is 230 Å². The predicted octanol–water partition coefficient (Wildman–Crippen LogP) is 4.64. The van der Waals surface area contributed by atoms with Crippen LogP contribution in [-0.2, 0) is 14.4 Å². The van der Waals surface area contributed by atoms with E-state index in [4.69, 9.17) is 21.1 Å². The van der Waals surface area contributed by atoms with Crippen LogP contribution in [0.2, 0.25) is 5.02 Å². The van der Waals surface area contributed by atoms with Crippen molar-refractivity contribution in [3.8, 4) is 11.5 Å². The molecule has 0 unspecified atom stereocenters. The van der Waals surface area contributed by atoms with E-state index in [1.165, 1.54) is 25.3 Å². The molecule has 2 N–H and O–H groups in total. The van der Waals surface area contributed by atoms with Crippen LogP contribution < -0.4 is 25.0 Å². The van der Waals surface area contributed by atoms with Gasteiger partial charge in [-0.3, -0.25) is 19.7 Å². The van der Waals surface area contributed by atoms with Crippen molar-refractivity contribution in [1.82, 2.24) is 5.32 Å². The van der Waals surface area contributed by atoms with E-state index in [2.05, 4.69) is 10.6 Å². The van der Waals surface area contributed by atoms with Crippen molar-refractivity contribution >= 4 is 75.4 Å². The Bertz CT molecular complexity index is 1430. The van der Waals surface area contributed by atoms with Gasteiger partial charge in [-0.05, 0) is 76.7 Å². The normalized spacial score (nSPS) is 14.4. The fraction of sp³-hybridized carbons (Fsp3) is 0.0769. The standard InChI is InChI=1S/C26H19ClIN3O6/c1-36-21-12-15(11-20(28)23(21)37-14-22(32)29-17-7-3-2-4-8-17)10-19-24(33)30-26(35)31(25(19)34)18-9-5-6-16(27)13-18/h2-13H,14H2,1H3,(H,29,32)(H,30,33,35)/b19-10+. The second kappa shape index (κ2) is 11.4. The van der Waals surface area contributed by atoms with Crippen molar-refractivity contribution in [3.63, 3.8) is 0 Å². The molecule has 0 spiro atoms. The molecule has 3 aromatic rings. The highest BCUT2D eigenvalue weighted by Gasteiger charge is 2.37. The predicted molar refractivity (Wildman–Crippen MR) is 147 cm³/mol. The van der Waals surface area contributed by atoms with Crippen LogP contribution in [0.5, 0.6) is 11.5 Å². The topological polar surface area (TPSA) is 114 Å². The summed E-state index contributed by atoms with van der Waals surface area (Å²) < 4.78 is 11.7. The maximum absolute atomic E-state index is 13.1. The van der Waals surface area contributed by atoms with Gasteiger partial charge in [0.15, 0.2) is 18.1 Å². The van der Waals surface area contributed by atoms with Crippen LogP contribution in [0.3, 0.4) is 0 Å². The number of carbonyl (C=O) groups is 4. The highest BCUT2D eigenvalue weighted by Crippen LogP contribution is 2.35. The van der Waals surface area contributed by atoms with Crippen LogP contribution in [0.4, 0.5) is 16.2 Å². The first-order chi connectivity index (χ1) is 17.8. The van der Waals surface area contributed by atoms with Gasteiger partial charge in [-0.1, -0.05) is 35.9 Å². The molecule has 0 radical (unpaired) electrons. The molecule has 1 heterocycles. The first-order valence-corrected chi connectivity index (χ1v) is 12.2. The largest absolute Gasteiger partial charge is 0.493 e. The number of benzene rings is 3. The summed E-state index contributed by atoms with van der Waals surface area (Å²) in [5.41, 5.74) is 1.05. The zero-order valence-electron chi connectivity index (χ0n) is 19.3. The number of hydrogen-bond donors (Lipinski definition) is 2. The average Bonchev–Trinajstić information content (AvgIpc) is 2.86. The van der Waals surface area contributed by atoms with Gasteiger partial charge >= 0.3 is 6.03 Å². The summed E-state index contributed by atoms with van der Waals surface area (Å²) in [7, 11) is 1.43. The minimum Gasteiger partial charge on any atom is -0.493 e. The van der Waals surface area contributed by atoms with Crippen LogP contribution in [-0.4, -0.2) is 37.5 Å². The summed E-state index contributed by atoms with van der Waals surface area (Å²) in [6, 6.07) is 17.5. The number of nitrogens with zero attached hydrogens (tertiary/aromatic N) is 1. The Balaban J connectivity index is 1.57. The lowest BCUT2D eigenvalue weighted by molar-refractivity contribution is -0.122. The summed E-state index contributed by atoms with van der Waals surface area (Å²) in [6.45, 7) is -0.265. The zero-order valence-corrected chi connectivity index (χ0v) is 22.2. The van der Waals surface area contributed by atoms with E-state index >= 15 is 0 Å². The number of para-hydroxylation sites is 1. The number of imide groups is 2. The Morgan fingerprint density at radius 2 is 1.84 bits per heavy atom. The highest BCUT2D eigenvalue weighted by molar-refractivity contribution is 14.1. The molecular weight excluding hydrogens is 613 g/mol. The molecular formula is C26H19ClIN3O6. The number of barbiturate groups is 1. The number of urea groups is 1. The third-order valence-corrected chi connectivity index (χ3v) is 6.17. The molecule has 37 heavy (non-hydrogen) atoms. The maximum Gasteiger partial charge on any atom is 0.335 e. The number of carbonyl (C=O) groups excluding carboxylic acids is 4. The van der Waals surface area contributed by atoms with Gasteiger partial charge in [-0.2, -0.15) is 0 Å². The number of ether oxygens (including phenoxy) is 2. The number of rotatable bonds is 7. The minimum absolute atomic E-state index is 0.220. The lowest BCUT2D eigenvalue weighted by atomic mass is 10.1. The second-order valence-electron chi connectivity index (χ2n) is 7.67. The van der Waals surface area contributed by atoms with Crippen LogP contribution in [0.25, 0.3) is 6.08 Å². The summed E-state index contributed by atoms with van der Waals surface area (Å²) in [6.07, 6.45) is 1.35. The molecule has 0 bridgehead atoms. The van der Waals surface area contributed by atoms with Gasteiger partial charge in [0.25, 0.3) is 17.7 Å². The second-order valence-corrected chi connectivity index (χ2v) is 9.27. The monoisotopic (exact) mass is 631 g/mol. The van der Waals surface area contributed by atoms with E-state index in [-0.39, 0.29) is 29.5 Å². The smallest absolute Gasteiger partial charge is 0.335 e. The molecule has 1 aliphatic heterocycles. The summed E-state index contributed by atoms with van der Waals surface area (Å²) in [5.74, 6) is -1.38. The van der Waals surface area contributed by atoms with E-state index in [0.29, 0.717) is 25.6 Å². The van der Waals surface area contributed by atoms with Crippen molar-refractivity contribution in [1.29, 1.82) is 0 Å². The molecule has 11 heteroatoms. The molecule has 1 saturated heterocycles. The third kappa shape index (κ3) is 6.09. The van der Waals surface area contributed by atoms with Gasteiger partial charge in [-0.25, -0.2) is 9.69 Å². The Morgan fingerprint density at radius 3 is 2.54 bits per heavy atom. The van der Waals surface area contributed by atoms with Crippen molar-refractivity contribution in [2.75, 3.05) is 23.9 Å². The summed E-state index contributed by atoms with van der Waals surface area (Å²) in [4.78, 5) is 51.2. The molecule has 1 fully saturated rings. The van der Waals surface area contributed by atoms with Gasteiger partial charge in [0.1, 0.15) is 5.57 Å². The number of methoxy groups -OCH3 is 1. The lowest BCUT2D eigenvalue weighted by Gasteiger charge is -2.26. The van der Waals surface area contributed by atoms with Gasteiger partial charge in [0.2, 0.25) is 0 Å². The first kappa shape index (κ1) is 26.2. The Kier molecular flexibility index (Phi) is 8.09. The van der Waals surface area contributed by atoms with Crippen LogP contribution in [0, 0.1) is 3.57 Å². The quantitative estimate of drug-likeness (QED) is 0.223. The summed E-state index contributed by atoms with van der Waals surface area (Å²) >= 11 is 8.00. The molecule has 3 aromatic carbocycles. The average molecular weight is 632 g/mol. The number of anilines is 2. The number of amides is 5. The number of halogens is 2. The highest BCUT2D eigenvalue weighted by atomic mass is 127. The fourth-order valence-electron chi connectivity index (χ4n) is 3.49. The van der Waals surface area contributed by atoms with E-state index in [1.54, 1.807) is 48.5 Å². The zero-order chi connectivity index (χ0) is 26.5. The molecule has 0 saturated carbocycles. The molecule has 1 aliphatic rings. The van der Waals surface area contributed by atoms with Crippen LogP contribution in [0.15, 0.2) is 72.3 Å².